The molecule has 1 amide bonds. The minimum atomic E-state index is -3.43. The molecular formula is C23H29N3O3S. The van der Waals surface area contributed by atoms with Gasteiger partial charge in [0, 0.05) is 44.3 Å². The molecule has 0 atom stereocenters. The molecule has 0 unspecified atom stereocenters. The van der Waals surface area contributed by atoms with Crippen LogP contribution < -0.4 is 5.32 Å². The van der Waals surface area contributed by atoms with Gasteiger partial charge < -0.3 is 5.32 Å². The van der Waals surface area contributed by atoms with E-state index < -0.39 is 10.0 Å². The minimum Gasteiger partial charge on any atom is -0.349 e. The van der Waals surface area contributed by atoms with Gasteiger partial charge in [-0.25, -0.2) is 8.42 Å². The Morgan fingerprint density at radius 1 is 0.933 bits per heavy atom. The molecule has 2 fully saturated rings. The van der Waals surface area contributed by atoms with Gasteiger partial charge in [-0.05, 0) is 42.7 Å². The lowest BCUT2D eigenvalue weighted by molar-refractivity contribution is 0.0937. The van der Waals surface area contributed by atoms with Gasteiger partial charge >= 0.3 is 0 Å². The van der Waals surface area contributed by atoms with Crippen molar-refractivity contribution in [2.75, 3.05) is 26.2 Å². The van der Waals surface area contributed by atoms with Gasteiger partial charge in [0.2, 0.25) is 10.0 Å². The van der Waals surface area contributed by atoms with Gasteiger partial charge in [0.1, 0.15) is 0 Å². The fraction of sp³-hybridized carbons (Fsp3) is 0.435. The maximum Gasteiger partial charge on any atom is 0.251 e. The van der Waals surface area contributed by atoms with E-state index in [0.29, 0.717) is 49.2 Å². The normalized spacial score (nSPS) is 19.1. The quantitative estimate of drug-likeness (QED) is 0.770. The average Bonchev–Trinajstić information content (AvgIpc) is 3.28. The summed E-state index contributed by atoms with van der Waals surface area (Å²) in [4.78, 5) is 15.1. The lowest BCUT2D eigenvalue weighted by Gasteiger charge is -2.34. The number of hydrogen-bond donors (Lipinski definition) is 1. The molecule has 0 radical (unpaired) electrons. The molecule has 7 heteroatoms. The highest BCUT2D eigenvalue weighted by molar-refractivity contribution is 7.89. The highest BCUT2D eigenvalue weighted by Crippen LogP contribution is 2.20. The number of benzene rings is 2. The first kappa shape index (κ1) is 21.0. The van der Waals surface area contributed by atoms with Crippen LogP contribution in [0.4, 0.5) is 0 Å². The summed E-state index contributed by atoms with van der Waals surface area (Å²) in [5.74, 6) is 0.00234. The summed E-state index contributed by atoms with van der Waals surface area (Å²) in [5, 5.41) is 3.14. The van der Waals surface area contributed by atoms with Crippen LogP contribution in [0, 0.1) is 0 Å². The van der Waals surface area contributed by atoms with E-state index in [-0.39, 0.29) is 5.91 Å². The van der Waals surface area contributed by atoms with Crippen LogP contribution in [0.25, 0.3) is 0 Å². The number of hydrogen-bond acceptors (Lipinski definition) is 4. The van der Waals surface area contributed by atoms with Crippen LogP contribution in [-0.4, -0.2) is 55.8 Å². The molecule has 2 aromatic carbocycles. The number of amides is 1. The van der Waals surface area contributed by atoms with Gasteiger partial charge in [-0.15, -0.1) is 0 Å². The second-order valence-electron chi connectivity index (χ2n) is 8.15. The van der Waals surface area contributed by atoms with Gasteiger partial charge in [-0.2, -0.15) is 4.31 Å². The van der Waals surface area contributed by atoms with E-state index in [0.717, 1.165) is 18.4 Å². The van der Waals surface area contributed by atoms with Crippen LogP contribution in [0.15, 0.2) is 59.5 Å². The van der Waals surface area contributed by atoms with E-state index in [9.17, 15) is 13.2 Å². The van der Waals surface area contributed by atoms with Gasteiger partial charge in [0.15, 0.2) is 0 Å². The number of nitrogens with one attached hydrogen (secondary N) is 1. The monoisotopic (exact) mass is 427 g/mol. The zero-order chi connectivity index (χ0) is 21.0. The Morgan fingerprint density at radius 2 is 1.63 bits per heavy atom. The van der Waals surface area contributed by atoms with E-state index in [1.165, 1.54) is 12.8 Å². The van der Waals surface area contributed by atoms with E-state index in [1.54, 1.807) is 28.6 Å². The van der Waals surface area contributed by atoms with Crippen molar-refractivity contribution in [2.45, 2.75) is 43.2 Å². The summed E-state index contributed by atoms with van der Waals surface area (Å²) in [6.07, 6.45) is 4.52. The van der Waals surface area contributed by atoms with Gasteiger partial charge in [0.05, 0.1) is 4.90 Å². The molecule has 6 nitrogen and oxygen atoms in total. The van der Waals surface area contributed by atoms with E-state index in [4.69, 9.17) is 0 Å². The maximum atomic E-state index is 12.8. The van der Waals surface area contributed by atoms with Crippen LogP contribution in [0.3, 0.4) is 0 Å². The Morgan fingerprint density at radius 3 is 2.33 bits per heavy atom. The lowest BCUT2D eigenvalue weighted by Crippen LogP contribution is -2.48. The number of nitrogens with zero attached hydrogens (tertiary/aromatic N) is 2. The standard InChI is InChI=1S/C23H29N3O3S/c27-23(24-21-9-4-5-10-21)20-8-6-7-19(17-20)18-25-13-15-26(16-14-25)30(28,29)22-11-2-1-3-12-22/h1-3,6-8,11-12,17,21H,4-5,9-10,13-16,18H2,(H,24,27). The molecule has 2 aliphatic rings. The Bertz CT molecular complexity index is 964. The third-order valence-electron chi connectivity index (χ3n) is 6.00. The van der Waals surface area contributed by atoms with Crippen molar-refractivity contribution >= 4 is 15.9 Å². The number of carbonyl (C=O) groups is 1. The van der Waals surface area contributed by atoms with Crippen molar-refractivity contribution in [3.8, 4) is 0 Å². The molecule has 2 aromatic rings. The van der Waals surface area contributed by atoms with E-state index in [1.807, 2.05) is 30.3 Å². The van der Waals surface area contributed by atoms with Gasteiger partial charge in [-0.1, -0.05) is 43.2 Å². The first-order chi connectivity index (χ1) is 14.5. The molecule has 160 valence electrons. The lowest BCUT2D eigenvalue weighted by atomic mass is 10.1. The molecule has 1 saturated carbocycles. The summed E-state index contributed by atoms with van der Waals surface area (Å²) < 4.78 is 27.1. The molecule has 4 rings (SSSR count). The molecule has 0 spiro atoms. The van der Waals surface area contributed by atoms with E-state index >= 15 is 0 Å². The predicted molar refractivity (Wildman–Crippen MR) is 117 cm³/mol. The molecule has 1 aliphatic heterocycles. The molecule has 0 bridgehead atoms. The molecule has 1 N–H and O–H groups in total. The Kier molecular flexibility index (Phi) is 6.51. The first-order valence-corrected chi connectivity index (χ1v) is 12.1. The Balaban J connectivity index is 1.33. The van der Waals surface area contributed by atoms with Gasteiger partial charge in [-0.3, -0.25) is 9.69 Å². The SMILES string of the molecule is O=C(NC1CCCC1)c1cccc(CN2CCN(S(=O)(=O)c3ccccc3)CC2)c1. The number of rotatable bonds is 6. The smallest absolute Gasteiger partial charge is 0.251 e. The second-order valence-corrected chi connectivity index (χ2v) is 10.1. The zero-order valence-electron chi connectivity index (χ0n) is 17.2. The number of piperazine rings is 1. The summed E-state index contributed by atoms with van der Waals surface area (Å²) >= 11 is 0. The minimum absolute atomic E-state index is 0.00234. The summed E-state index contributed by atoms with van der Waals surface area (Å²) in [7, 11) is -3.43. The van der Waals surface area contributed by atoms with Crippen LogP contribution in [0.2, 0.25) is 0 Å². The molecular weight excluding hydrogens is 398 g/mol. The highest BCUT2D eigenvalue weighted by Gasteiger charge is 2.28. The number of sulfonamides is 1. The van der Waals surface area contributed by atoms with Crippen LogP contribution in [0.1, 0.15) is 41.6 Å². The summed E-state index contributed by atoms with van der Waals surface area (Å²) in [5.41, 5.74) is 1.78. The van der Waals surface area contributed by atoms with Crippen LogP contribution in [-0.2, 0) is 16.6 Å². The fourth-order valence-corrected chi connectivity index (χ4v) is 5.72. The highest BCUT2D eigenvalue weighted by atomic mass is 32.2. The van der Waals surface area contributed by atoms with Crippen molar-refractivity contribution in [1.82, 2.24) is 14.5 Å². The van der Waals surface area contributed by atoms with Gasteiger partial charge in [0.25, 0.3) is 5.91 Å². The average molecular weight is 428 g/mol. The van der Waals surface area contributed by atoms with Crippen molar-refractivity contribution in [3.05, 3.63) is 65.7 Å². The van der Waals surface area contributed by atoms with Crippen molar-refractivity contribution in [1.29, 1.82) is 0 Å². The van der Waals surface area contributed by atoms with E-state index in [2.05, 4.69) is 10.2 Å². The molecule has 30 heavy (non-hydrogen) atoms. The molecule has 1 aliphatic carbocycles. The van der Waals surface area contributed by atoms with Crippen LogP contribution in [0.5, 0.6) is 0 Å². The third kappa shape index (κ3) is 4.91. The van der Waals surface area contributed by atoms with Crippen molar-refractivity contribution < 1.29 is 13.2 Å². The topological polar surface area (TPSA) is 69.7 Å². The largest absolute Gasteiger partial charge is 0.349 e. The summed E-state index contributed by atoms with van der Waals surface area (Å²) in [6.45, 7) is 3.00. The molecule has 1 saturated heterocycles. The van der Waals surface area contributed by atoms with Crippen molar-refractivity contribution in [2.24, 2.45) is 0 Å². The fourth-order valence-electron chi connectivity index (χ4n) is 4.28. The second kappa shape index (κ2) is 9.29. The molecule has 0 aromatic heterocycles. The predicted octanol–water partition coefficient (Wildman–Crippen LogP) is 2.87. The Hall–Kier alpha value is -2.22. The molecule has 1 heterocycles. The summed E-state index contributed by atoms with van der Waals surface area (Å²) in [6, 6.07) is 16.7. The van der Waals surface area contributed by atoms with Crippen LogP contribution >= 0.6 is 0 Å². The maximum absolute atomic E-state index is 12.8. The number of carbonyl (C=O) groups excluding carboxylic acids is 1. The third-order valence-corrected chi connectivity index (χ3v) is 7.91. The first-order valence-electron chi connectivity index (χ1n) is 10.7. The van der Waals surface area contributed by atoms with Crippen molar-refractivity contribution in [3.63, 3.8) is 0 Å². The Labute approximate surface area is 178 Å². The zero-order valence-corrected chi connectivity index (χ0v) is 18.0.